The molecule has 0 atom stereocenters. The number of carbonyl (C=O) groups is 1. The smallest absolute Gasteiger partial charge is 0.189 e. The number of halogens is 1. The van der Waals surface area contributed by atoms with E-state index in [4.69, 9.17) is 0 Å². The van der Waals surface area contributed by atoms with E-state index in [-0.39, 0.29) is 11.2 Å². The first kappa shape index (κ1) is 15.0. The number of anilines is 1. The third-order valence-electron chi connectivity index (χ3n) is 4.20. The number of para-hydroxylation sites is 1. The molecule has 112 valence electrons. The molecule has 2 aromatic rings. The summed E-state index contributed by atoms with van der Waals surface area (Å²) in [4.78, 5) is 18.7. The summed E-state index contributed by atoms with van der Waals surface area (Å²) in [5.74, 6) is -0.0310. The Balaban J connectivity index is 2.04. The first-order chi connectivity index (χ1) is 10.4. The van der Waals surface area contributed by atoms with Crippen LogP contribution in [0.5, 0.6) is 0 Å². The van der Waals surface area contributed by atoms with Crippen molar-refractivity contribution in [1.82, 2.24) is 4.98 Å². The molecule has 3 nitrogen and oxygen atoms in total. The van der Waals surface area contributed by atoms with Crippen LogP contribution in [0.2, 0.25) is 0 Å². The van der Waals surface area contributed by atoms with Gasteiger partial charge in [-0.15, -0.1) is 0 Å². The zero-order valence-electron chi connectivity index (χ0n) is 12.8. The molecule has 0 saturated heterocycles. The molecule has 0 fully saturated rings. The lowest BCUT2D eigenvalue weighted by atomic mass is 9.83. The molecular formula is C18H17BrN2O. The fourth-order valence-corrected chi connectivity index (χ4v) is 3.38. The van der Waals surface area contributed by atoms with Crippen LogP contribution < -0.4 is 4.90 Å². The minimum absolute atomic E-state index is 0.0310. The van der Waals surface area contributed by atoms with Gasteiger partial charge in [-0.25, -0.2) is 0 Å². The lowest BCUT2D eigenvalue weighted by Crippen LogP contribution is -2.24. The highest BCUT2D eigenvalue weighted by atomic mass is 79.9. The first-order valence-corrected chi connectivity index (χ1v) is 7.91. The van der Waals surface area contributed by atoms with Crippen LogP contribution in [0.3, 0.4) is 0 Å². The van der Waals surface area contributed by atoms with Gasteiger partial charge < -0.3 is 4.90 Å². The molecule has 0 spiro atoms. The van der Waals surface area contributed by atoms with Crippen LogP contribution >= 0.6 is 15.9 Å². The Labute approximate surface area is 138 Å². The highest BCUT2D eigenvalue weighted by Crippen LogP contribution is 2.46. The van der Waals surface area contributed by atoms with Crippen LogP contribution in [0.15, 0.2) is 59.0 Å². The summed E-state index contributed by atoms with van der Waals surface area (Å²) in [6.07, 6.45) is 4.99. The van der Waals surface area contributed by atoms with Crippen molar-refractivity contribution in [2.24, 2.45) is 0 Å². The zero-order valence-corrected chi connectivity index (χ0v) is 14.4. The third-order valence-corrected chi connectivity index (χ3v) is 4.63. The van der Waals surface area contributed by atoms with E-state index < -0.39 is 0 Å². The lowest BCUT2D eigenvalue weighted by molar-refractivity contribution is 0.104. The Morgan fingerprint density at radius 3 is 2.68 bits per heavy atom. The maximum absolute atomic E-state index is 12.6. The standard InChI is InChI=1S/C18H17BrN2O/c1-18(2)14-6-4-5-7-15(14)21(3)17(18)9-16(22)12-8-13(19)11-20-10-12/h4-11H,1-3H3/b17-9+. The van der Waals surface area contributed by atoms with Crippen molar-refractivity contribution in [3.63, 3.8) is 0 Å². The van der Waals surface area contributed by atoms with Gasteiger partial charge in [0.1, 0.15) is 0 Å². The molecule has 0 amide bonds. The molecule has 0 unspecified atom stereocenters. The zero-order chi connectivity index (χ0) is 15.9. The van der Waals surface area contributed by atoms with Gasteiger partial charge in [-0.2, -0.15) is 0 Å². The number of pyridine rings is 1. The number of ketones is 1. The molecule has 0 radical (unpaired) electrons. The van der Waals surface area contributed by atoms with Gasteiger partial charge in [0.25, 0.3) is 0 Å². The Hall–Kier alpha value is -1.94. The Bertz CT molecular complexity index is 780. The van der Waals surface area contributed by atoms with E-state index in [1.165, 1.54) is 5.56 Å². The molecular weight excluding hydrogens is 340 g/mol. The molecule has 1 aliphatic heterocycles. The Morgan fingerprint density at radius 2 is 2.00 bits per heavy atom. The van der Waals surface area contributed by atoms with Gasteiger partial charge in [0.2, 0.25) is 0 Å². The average molecular weight is 357 g/mol. The summed E-state index contributed by atoms with van der Waals surface area (Å²) < 4.78 is 0.805. The normalized spacial score (nSPS) is 17.6. The maximum atomic E-state index is 12.6. The predicted octanol–water partition coefficient (Wildman–Crippen LogP) is 4.34. The minimum Gasteiger partial charge on any atom is -0.347 e. The predicted molar refractivity (Wildman–Crippen MR) is 92.2 cm³/mol. The van der Waals surface area contributed by atoms with Crippen LogP contribution in [-0.2, 0) is 5.41 Å². The van der Waals surface area contributed by atoms with Crippen molar-refractivity contribution < 1.29 is 4.79 Å². The number of hydrogen-bond donors (Lipinski definition) is 0. The molecule has 3 rings (SSSR count). The second-order valence-electron chi connectivity index (χ2n) is 5.99. The average Bonchev–Trinajstić information content (AvgIpc) is 2.69. The maximum Gasteiger partial charge on any atom is 0.189 e. The highest BCUT2D eigenvalue weighted by Gasteiger charge is 2.38. The van der Waals surface area contributed by atoms with Crippen molar-refractivity contribution in [2.75, 3.05) is 11.9 Å². The van der Waals surface area contributed by atoms with Crippen molar-refractivity contribution in [3.05, 3.63) is 70.1 Å². The molecule has 2 heterocycles. The second-order valence-corrected chi connectivity index (χ2v) is 6.90. The van der Waals surface area contributed by atoms with Gasteiger partial charge >= 0.3 is 0 Å². The van der Waals surface area contributed by atoms with Crippen LogP contribution in [0, 0.1) is 0 Å². The molecule has 22 heavy (non-hydrogen) atoms. The van der Waals surface area contributed by atoms with Crippen LogP contribution in [-0.4, -0.2) is 17.8 Å². The van der Waals surface area contributed by atoms with E-state index in [1.54, 1.807) is 24.5 Å². The van der Waals surface area contributed by atoms with E-state index in [0.29, 0.717) is 5.56 Å². The third kappa shape index (κ3) is 2.37. The van der Waals surface area contributed by atoms with Crippen LogP contribution in [0.4, 0.5) is 5.69 Å². The van der Waals surface area contributed by atoms with Gasteiger partial charge in [0, 0.05) is 52.4 Å². The van der Waals surface area contributed by atoms with E-state index >= 15 is 0 Å². The molecule has 0 bridgehead atoms. The topological polar surface area (TPSA) is 33.2 Å². The summed E-state index contributed by atoms with van der Waals surface area (Å²) in [5.41, 5.74) is 3.78. The van der Waals surface area contributed by atoms with Crippen molar-refractivity contribution in [3.8, 4) is 0 Å². The van der Waals surface area contributed by atoms with Gasteiger partial charge in [0.05, 0.1) is 0 Å². The van der Waals surface area contributed by atoms with Gasteiger partial charge in [-0.1, -0.05) is 32.0 Å². The van der Waals surface area contributed by atoms with Crippen molar-refractivity contribution >= 4 is 27.4 Å². The number of hydrogen-bond acceptors (Lipinski definition) is 3. The molecule has 1 aromatic heterocycles. The monoisotopic (exact) mass is 356 g/mol. The minimum atomic E-state index is -0.194. The lowest BCUT2D eigenvalue weighted by Gasteiger charge is -2.23. The Morgan fingerprint density at radius 1 is 1.27 bits per heavy atom. The Kier molecular flexibility index (Phi) is 3.65. The molecule has 0 saturated carbocycles. The largest absolute Gasteiger partial charge is 0.347 e. The number of likely N-dealkylation sites (N-methyl/N-ethyl adjacent to an activating group) is 1. The molecule has 4 heteroatoms. The second kappa shape index (κ2) is 5.36. The summed E-state index contributed by atoms with van der Waals surface area (Å²) in [6.45, 7) is 4.29. The van der Waals surface area contributed by atoms with Gasteiger partial charge in [0.15, 0.2) is 5.78 Å². The van der Waals surface area contributed by atoms with E-state index in [1.807, 2.05) is 19.2 Å². The number of benzene rings is 1. The van der Waals surface area contributed by atoms with E-state index in [2.05, 4.69) is 51.8 Å². The van der Waals surface area contributed by atoms with Crippen molar-refractivity contribution in [1.29, 1.82) is 0 Å². The highest BCUT2D eigenvalue weighted by molar-refractivity contribution is 9.10. The van der Waals surface area contributed by atoms with E-state index in [9.17, 15) is 4.79 Å². The molecule has 0 N–H and O–H groups in total. The number of rotatable bonds is 2. The fourth-order valence-electron chi connectivity index (χ4n) is 3.01. The number of allylic oxidation sites excluding steroid dienone is 2. The number of nitrogens with zero attached hydrogens (tertiary/aromatic N) is 2. The summed E-state index contributed by atoms with van der Waals surface area (Å²) in [5, 5.41) is 0. The van der Waals surface area contributed by atoms with Crippen LogP contribution in [0.1, 0.15) is 29.8 Å². The number of fused-ring (bicyclic) bond motifs is 1. The molecule has 1 aliphatic rings. The summed E-state index contributed by atoms with van der Waals surface area (Å²) in [7, 11) is 2.01. The first-order valence-electron chi connectivity index (χ1n) is 7.11. The quantitative estimate of drug-likeness (QED) is 0.592. The number of aromatic nitrogens is 1. The fraction of sp³-hybridized carbons (Fsp3) is 0.222. The summed E-state index contributed by atoms with van der Waals surface area (Å²) >= 11 is 3.35. The molecule has 1 aromatic carbocycles. The SMILES string of the molecule is CN1/C(=C/C(=O)c2cncc(Br)c2)C(C)(C)c2ccccc21. The van der Waals surface area contributed by atoms with E-state index in [0.717, 1.165) is 15.9 Å². The van der Waals surface area contributed by atoms with Gasteiger partial charge in [-0.3, -0.25) is 9.78 Å². The molecule has 0 aliphatic carbocycles. The summed E-state index contributed by atoms with van der Waals surface area (Å²) in [6, 6.07) is 10.1. The van der Waals surface area contributed by atoms with Crippen LogP contribution in [0.25, 0.3) is 0 Å². The van der Waals surface area contributed by atoms with Crippen molar-refractivity contribution in [2.45, 2.75) is 19.3 Å². The number of carbonyl (C=O) groups excluding carboxylic acids is 1. The van der Waals surface area contributed by atoms with Gasteiger partial charge in [-0.05, 0) is 33.6 Å².